The van der Waals surface area contributed by atoms with Crippen LogP contribution in [0.3, 0.4) is 0 Å². The van der Waals surface area contributed by atoms with Crippen molar-refractivity contribution in [1.82, 2.24) is 0 Å². The van der Waals surface area contributed by atoms with Crippen LogP contribution in [0.2, 0.25) is 0 Å². The van der Waals surface area contributed by atoms with Gasteiger partial charge in [0.1, 0.15) is 30.5 Å². The van der Waals surface area contributed by atoms with Gasteiger partial charge < -0.3 is 34.3 Å². The van der Waals surface area contributed by atoms with Crippen LogP contribution in [0.5, 0.6) is 0 Å². The summed E-state index contributed by atoms with van der Waals surface area (Å²) in [5.41, 5.74) is 0. The zero-order valence-electron chi connectivity index (χ0n) is 40.9. The number of unbranched alkanes of at least 4 members (excludes halogenated alkanes) is 11. The molecule has 382 valence electrons. The Morgan fingerprint density at radius 3 is 1.51 bits per heavy atom. The zero-order chi connectivity index (χ0) is 48.9. The van der Waals surface area contributed by atoms with Crippen LogP contribution in [-0.2, 0) is 38.3 Å². The molecule has 0 aliphatic carbocycles. The third-order valence-electron chi connectivity index (χ3n) is 10.6. The van der Waals surface area contributed by atoms with Gasteiger partial charge in [-0.3, -0.25) is 9.35 Å². The summed E-state index contributed by atoms with van der Waals surface area (Å²) in [5, 5.41) is 30.7. The van der Waals surface area contributed by atoms with Crippen molar-refractivity contribution >= 4 is 16.4 Å². The minimum absolute atomic E-state index is 0.00719. The minimum atomic E-state index is -5.08. The van der Waals surface area contributed by atoms with Crippen molar-refractivity contribution in [2.75, 3.05) is 26.4 Å². The van der Waals surface area contributed by atoms with Gasteiger partial charge in [0.25, 0.3) is 0 Å². The average Bonchev–Trinajstić information content (AvgIpc) is 3.30. The van der Waals surface area contributed by atoms with Gasteiger partial charge in [-0.25, -0.2) is 4.18 Å². The first-order valence-electron chi connectivity index (χ1n) is 25.1. The molecular weight excluding hydrogens is 873 g/mol. The Morgan fingerprint density at radius 1 is 0.582 bits per heavy atom. The molecule has 0 spiro atoms. The smallest absolute Gasteiger partial charge is 0.397 e. The summed E-state index contributed by atoms with van der Waals surface area (Å²) in [7, 11) is -5.08. The molecule has 1 aliphatic rings. The van der Waals surface area contributed by atoms with Crippen molar-refractivity contribution in [3.05, 3.63) is 109 Å². The van der Waals surface area contributed by atoms with E-state index in [2.05, 4.69) is 127 Å². The van der Waals surface area contributed by atoms with Gasteiger partial charge in [-0.2, -0.15) is 8.42 Å². The van der Waals surface area contributed by atoms with Crippen LogP contribution in [-0.4, -0.2) is 97.5 Å². The maximum Gasteiger partial charge on any atom is 0.397 e. The number of hydrogen-bond acceptors (Lipinski definition) is 11. The van der Waals surface area contributed by atoms with Gasteiger partial charge in [-0.1, -0.05) is 168 Å². The quantitative estimate of drug-likeness (QED) is 0.0197. The number of rotatable bonds is 42. The lowest BCUT2D eigenvalue weighted by Gasteiger charge is -2.41. The monoisotopic (exact) mass is 961 g/mol. The highest BCUT2D eigenvalue weighted by Crippen LogP contribution is 2.26. The van der Waals surface area contributed by atoms with E-state index in [1.54, 1.807) is 0 Å². The van der Waals surface area contributed by atoms with E-state index in [0.29, 0.717) is 13.0 Å². The Labute approximate surface area is 405 Å². The van der Waals surface area contributed by atoms with Gasteiger partial charge in [0, 0.05) is 13.0 Å². The van der Waals surface area contributed by atoms with E-state index in [9.17, 15) is 33.1 Å². The molecule has 0 amide bonds. The third kappa shape index (κ3) is 37.4. The molecule has 6 atom stereocenters. The molecule has 0 bridgehead atoms. The highest BCUT2D eigenvalue weighted by Gasteiger charge is 2.48. The molecule has 13 heteroatoms. The highest BCUT2D eigenvalue weighted by molar-refractivity contribution is 7.80. The SMILES string of the molecule is CC/C=C\C/C=C\C/C=C\C/C=C\C/C=C\C/C=C\C/C=C\CCCCCC(=O)OC(COCCCCCCCC/C=C\C/C=C\CCCC)COC1OC(CO)C(O)C(OS(=O)(=O)O)C1O. The molecule has 0 saturated carbocycles. The summed E-state index contributed by atoms with van der Waals surface area (Å²) >= 11 is 0. The average molecular weight is 961 g/mol. The lowest BCUT2D eigenvalue weighted by molar-refractivity contribution is -0.301. The number of aliphatic hydroxyl groups excluding tert-OH is 3. The van der Waals surface area contributed by atoms with Crippen molar-refractivity contribution in [2.24, 2.45) is 0 Å². The Bertz CT molecular complexity index is 1580. The van der Waals surface area contributed by atoms with Crippen LogP contribution in [0, 0.1) is 0 Å². The first-order chi connectivity index (χ1) is 32.6. The molecule has 0 aromatic rings. The van der Waals surface area contributed by atoms with E-state index in [0.717, 1.165) is 109 Å². The Hall–Kier alpha value is -3.24. The van der Waals surface area contributed by atoms with Crippen LogP contribution in [0.25, 0.3) is 0 Å². The molecule has 4 N–H and O–H groups in total. The molecule has 12 nitrogen and oxygen atoms in total. The van der Waals surface area contributed by atoms with Crippen LogP contribution < -0.4 is 0 Å². The summed E-state index contributed by atoms with van der Waals surface area (Å²) < 4.78 is 59.1. The van der Waals surface area contributed by atoms with Crippen molar-refractivity contribution in [3.8, 4) is 0 Å². The van der Waals surface area contributed by atoms with Gasteiger partial charge in [0.05, 0.1) is 19.8 Å². The van der Waals surface area contributed by atoms with Gasteiger partial charge >= 0.3 is 16.4 Å². The summed E-state index contributed by atoms with van der Waals surface area (Å²) in [4.78, 5) is 12.9. The third-order valence-corrected chi connectivity index (χ3v) is 11.1. The fourth-order valence-electron chi connectivity index (χ4n) is 6.84. The number of carbonyl (C=O) groups excluding carboxylic acids is 1. The van der Waals surface area contributed by atoms with Crippen molar-refractivity contribution in [3.63, 3.8) is 0 Å². The number of esters is 1. The topological polar surface area (TPSA) is 178 Å². The first kappa shape index (κ1) is 61.8. The second-order valence-electron chi connectivity index (χ2n) is 16.7. The van der Waals surface area contributed by atoms with Crippen LogP contribution in [0.15, 0.2) is 109 Å². The second kappa shape index (κ2) is 44.0. The largest absolute Gasteiger partial charge is 0.457 e. The Morgan fingerprint density at radius 2 is 1.03 bits per heavy atom. The molecule has 1 rings (SSSR count). The van der Waals surface area contributed by atoms with E-state index in [1.807, 2.05) is 0 Å². The van der Waals surface area contributed by atoms with Gasteiger partial charge in [-0.05, 0) is 96.3 Å². The molecule has 0 aromatic carbocycles. The standard InChI is InChI=1S/C54H88O12S/c1-3-5-7-9-11-13-15-17-19-20-21-22-23-24-25-26-27-28-29-31-33-35-37-39-41-43-50(56)64-48(47-63-54-52(58)53(66-67(59,60)61)51(57)49(45-55)65-54)46-62-44-42-40-38-36-34-32-30-18-16-14-12-10-8-6-4-2/h5,7,10-13,16-19,21-22,24-25,27-28,31,33,48-49,51-55,57-58H,3-4,6,8-9,14-15,20,23,26,29-30,32,34-47H2,1-2H3,(H,59,60,61)/b7-5-,12-10-,13-11-,18-16-,19-17-,22-21-,25-24-,28-27-,33-31-. The van der Waals surface area contributed by atoms with E-state index in [1.165, 1.54) is 25.7 Å². The van der Waals surface area contributed by atoms with Crippen molar-refractivity contribution < 1.29 is 56.2 Å². The number of hydrogen-bond donors (Lipinski definition) is 4. The second-order valence-corrected chi connectivity index (χ2v) is 17.7. The Balaban J connectivity index is 2.42. The minimum Gasteiger partial charge on any atom is -0.457 e. The molecule has 1 fully saturated rings. The molecule has 1 aliphatic heterocycles. The summed E-state index contributed by atoms with van der Waals surface area (Å²) in [6, 6.07) is 0. The molecule has 6 unspecified atom stereocenters. The highest BCUT2D eigenvalue weighted by atomic mass is 32.3. The fourth-order valence-corrected chi connectivity index (χ4v) is 7.35. The summed E-state index contributed by atoms with van der Waals surface area (Å²) in [6.07, 6.45) is 52.6. The van der Waals surface area contributed by atoms with Crippen LogP contribution >= 0.6 is 0 Å². The van der Waals surface area contributed by atoms with Crippen molar-refractivity contribution in [2.45, 2.75) is 198 Å². The van der Waals surface area contributed by atoms with E-state index in [4.69, 9.17) is 18.9 Å². The maximum atomic E-state index is 12.9. The predicted octanol–water partition coefficient (Wildman–Crippen LogP) is 11.6. The lowest BCUT2D eigenvalue weighted by Crippen LogP contribution is -2.60. The van der Waals surface area contributed by atoms with Crippen molar-refractivity contribution in [1.29, 1.82) is 0 Å². The van der Waals surface area contributed by atoms with E-state index < -0.39 is 59.8 Å². The fraction of sp³-hybridized carbons (Fsp3) is 0.648. The van der Waals surface area contributed by atoms with E-state index >= 15 is 0 Å². The normalized spacial score (nSPS) is 20.4. The zero-order valence-corrected chi connectivity index (χ0v) is 41.7. The number of aliphatic hydroxyl groups is 3. The van der Waals surface area contributed by atoms with Gasteiger partial charge in [0.2, 0.25) is 0 Å². The lowest BCUT2D eigenvalue weighted by atomic mass is 9.99. The molecule has 0 aromatic heterocycles. The van der Waals surface area contributed by atoms with Gasteiger partial charge in [0.15, 0.2) is 6.29 Å². The summed E-state index contributed by atoms with van der Waals surface area (Å²) in [6.45, 7) is 3.75. The molecule has 1 heterocycles. The predicted molar refractivity (Wildman–Crippen MR) is 271 cm³/mol. The maximum absolute atomic E-state index is 12.9. The first-order valence-corrected chi connectivity index (χ1v) is 26.5. The number of carbonyl (C=O) groups is 1. The van der Waals surface area contributed by atoms with Crippen LogP contribution in [0.4, 0.5) is 0 Å². The molecule has 67 heavy (non-hydrogen) atoms. The van der Waals surface area contributed by atoms with Gasteiger partial charge in [-0.15, -0.1) is 0 Å². The number of ether oxygens (including phenoxy) is 4. The van der Waals surface area contributed by atoms with Crippen LogP contribution in [0.1, 0.15) is 162 Å². The molecular formula is C54H88O12S. The van der Waals surface area contributed by atoms with E-state index in [-0.39, 0.29) is 19.6 Å². The Kier molecular flexibility index (Phi) is 40.6. The summed E-state index contributed by atoms with van der Waals surface area (Å²) in [5.74, 6) is -0.440. The molecule has 1 saturated heterocycles. The number of allylic oxidation sites excluding steroid dienone is 18. The molecule has 0 radical (unpaired) electrons.